The number of nitrogens with one attached hydrogen (secondary N) is 1. The Balaban J connectivity index is 1.91. The number of hydrogen-bond donors (Lipinski definition) is 1. The highest BCUT2D eigenvalue weighted by molar-refractivity contribution is 5.90. The van der Waals surface area contributed by atoms with Gasteiger partial charge in [-0.3, -0.25) is 9.59 Å². The van der Waals surface area contributed by atoms with Crippen LogP contribution in [0.5, 0.6) is 0 Å². The maximum absolute atomic E-state index is 12.2. The van der Waals surface area contributed by atoms with Crippen molar-refractivity contribution in [1.29, 1.82) is 0 Å². The van der Waals surface area contributed by atoms with Gasteiger partial charge in [0.05, 0.1) is 0 Å². The van der Waals surface area contributed by atoms with Crippen molar-refractivity contribution in [1.82, 2.24) is 10.3 Å². The molecule has 2 aliphatic rings. The van der Waals surface area contributed by atoms with Crippen molar-refractivity contribution < 1.29 is 9.59 Å². The van der Waals surface area contributed by atoms with E-state index in [1.165, 1.54) is 6.42 Å². The van der Waals surface area contributed by atoms with Crippen LogP contribution >= 0.6 is 0 Å². The Bertz CT molecular complexity index is 459. The fourth-order valence-electron chi connectivity index (χ4n) is 3.64. The molecule has 2 amide bonds. The first-order chi connectivity index (χ1) is 11.0. The summed E-state index contributed by atoms with van der Waals surface area (Å²) in [6.07, 6.45) is 6.91. The third-order valence-electron chi connectivity index (χ3n) is 5.09. The summed E-state index contributed by atoms with van der Waals surface area (Å²) in [5.74, 6) is 1.56. The molecule has 1 aliphatic carbocycles. The molecule has 2 rings (SSSR count). The van der Waals surface area contributed by atoms with Crippen LogP contribution in [0, 0.1) is 17.8 Å². The summed E-state index contributed by atoms with van der Waals surface area (Å²) in [6, 6.07) is 0. The highest BCUT2D eigenvalue weighted by atomic mass is 16.2. The largest absolute Gasteiger partial charge is 0.333 e. The van der Waals surface area contributed by atoms with Gasteiger partial charge < -0.3 is 4.90 Å². The Morgan fingerprint density at radius 2 is 2.09 bits per heavy atom. The summed E-state index contributed by atoms with van der Waals surface area (Å²) < 4.78 is 0. The van der Waals surface area contributed by atoms with Crippen molar-refractivity contribution in [2.45, 2.75) is 65.7 Å². The van der Waals surface area contributed by atoms with Crippen molar-refractivity contribution in [3.63, 3.8) is 0 Å². The number of amides is 2. The number of carbonyl (C=O) groups is 2. The fraction of sp³-hybridized carbons (Fsp3) is 0.833. The molecule has 1 aliphatic heterocycles. The zero-order valence-corrected chi connectivity index (χ0v) is 14.8. The molecule has 0 radical (unpaired) electrons. The van der Waals surface area contributed by atoms with Crippen LogP contribution in [-0.4, -0.2) is 35.5 Å². The smallest absolute Gasteiger partial charge is 0.259 e. The maximum atomic E-state index is 12.2. The van der Waals surface area contributed by atoms with Crippen LogP contribution in [0.3, 0.4) is 0 Å². The fourth-order valence-corrected chi connectivity index (χ4v) is 3.64. The van der Waals surface area contributed by atoms with Gasteiger partial charge in [0.15, 0.2) is 0 Å². The first-order valence-corrected chi connectivity index (χ1v) is 9.10. The molecule has 23 heavy (non-hydrogen) atoms. The molecule has 1 heterocycles. The van der Waals surface area contributed by atoms with Crippen LogP contribution in [0.2, 0.25) is 0 Å². The monoisotopic (exact) mass is 321 g/mol. The number of hydrogen-bond acceptors (Lipinski definition) is 3. The van der Waals surface area contributed by atoms with Crippen molar-refractivity contribution in [3.8, 4) is 0 Å². The minimum absolute atomic E-state index is 0.0941. The number of nitrogens with zero attached hydrogens (tertiary/aromatic N) is 2. The van der Waals surface area contributed by atoms with E-state index in [1.54, 1.807) is 4.90 Å². The zero-order chi connectivity index (χ0) is 16.8. The highest BCUT2D eigenvalue weighted by Crippen LogP contribution is 2.31. The van der Waals surface area contributed by atoms with Crippen LogP contribution in [-0.2, 0) is 9.59 Å². The number of likely N-dealkylation sites (tertiary alicyclic amines) is 1. The van der Waals surface area contributed by atoms with Gasteiger partial charge in [0.1, 0.15) is 6.54 Å². The van der Waals surface area contributed by atoms with E-state index in [9.17, 15) is 9.59 Å². The third-order valence-corrected chi connectivity index (χ3v) is 5.09. The third kappa shape index (κ3) is 5.33. The first-order valence-electron chi connectivity index (χ1n) is 9.10. The first kappa shape index (κ1) is 18.0. The average Bonchev–Trinajstić information content (AvgIpc) is 2.70. The standard InChI is InChI=1S/C18H31N3O2/c1-13(2)15-9-8-14(3)11-16(15)19-20-17(22)12-21-10-6-4-5-7-18(21)23/h13-15H,4-12H2,1-3H3,(H,20,22)/t14-,15+/m1/s1. The Labute approximate surface area is 139 Å². The lowest BCUT2D eigenvalue weighted by Crippen LogP contribution is -2.40. The minimum atomic E-state index is -0.173. The molecule has 1 N–H and O–H groups in total. The van der Waals surface area contributed by atoms with E-state index >= 15 is 0 Å². The summed E-state index contributed by atoms with van der Waals surface area (Å²) in [5.41, 5.74) is 3.82. The van der Waals surface area contributed by atoms with E-state index in [4.69, 9.17) is 0 Å². The van der Waals surface area contributed by atoms with Gasteiger partial charge in [0, 0.05) is 24.6 Å². The molecule has 0 aromatic rings. The molecular formula is C18H31N3O2. The Kier molecular flexibility index (Phi) is 6.60. The Hall–Kier alpha value is -1.39. The lowest BCUT2D eigenvalue weighted by molar-refractivity contribution is -0.135. The summed E-state index contributed by atoms with van der Waals surface area (Å²) in [4.78, 5) is 25.8. The van der Waals surface area contributed by atoms with Gasteiger partial charge in [-0.1, -0.05) is 27.2 Å². The molecular weight excluding hydrogens is 290 g/mol. The van der Waals surface area contributed by atoms with Gasteiger partial charge in [-0.05, 0) is 43.9 Å². The van der Waals surface area contributed by atoms with E-state index in [-0.39, 0.29) is 18.4 Å². The van der Waals surface area contributed by atoms with Gasteiger partial charge in [-0.2, -0.15) is 5.10 Å². The van der Waals surface area contributed by atoms with Gasteiger partial charge in [-0.25, -0.2) is 5.43 Å². The molecule has 0 aromatic carbocycles. The second-order valence-corrected chi connectivity index (χ2v) is 7.50. The quantitative estimate of drug-likeness (QED) is 0.809. The summed E-state index contributed by atoms with van der Waals surface area (Å²) in [5, 5.41) is 4.43. The van der Waals surface area contributed by atoms with Crippen LogP contribution in [0.25, 0.3) is 0 Å². The molecule has 0 spiro atoms. The van der Waals surface area contributed by atoms with Crippen LogP contribution in [0.15, 0.2) is 5.10 Å². The summed E-state index contributed by atoms with van der Waals surface area (Å²) in [7, 11) is 0. The Morgan fingerprint density at radius 1 is 1.30 bits per heavy atom. The molecule has 0 unspecified atom stereocenters. The lowest BCUT2D eigenvalue weighted by Gasteiger charge is -2.30. The number of hydrazone groups is 1. The van der Waals surface area contributed by atoms with E-state index in [0.717, 1.165) is 37.8 Å². The van der Waals surface area contributed by atoms with E-state index in [0.29, 0.717) is 30.7 Å². The van der Waals surface area contributed by atoms with E-state index < -0.39 is 0 Å². The second kappa shape index (κ2) is 8.46. The summed E-state index contributed by atoms with van der Waals surface area (Å²) >= 11 is 0. The SMILES string of the molecule is CC(C)[C@@H]1CC[C@@H](C)CC1=NNC(=O)CN1CCCCCC1=O. The molecule has 5 heteroatoms. The van der Waals surface area contributed by atoms with Crippen LogP contribution < -0.4 is 5.43 Å². The average molecular weight is 321 g/mol. The molecule has 0 bridgehead atoms. The minimum Gasteiger partial charge on any atom is -0.333 e. The topological polar surface area (TPSA) is 61.8 Å². The van der Waals surface area contributed by atoms with Crippen LogP contribution in [0.1, 0.15) is 65.7 Å². The number of rotatable bonds is 4. The van der Waals surface area contributed by atoms with Gasteiger partial charge >= 0.3 is 0 Å². The predicted octanol–water partition coefficient (Wildman–Crippen LogP) is 2.95. The van der Waals surface area contributed by atoms with E-state index in [1.807, 2.05) is 0 Å². The second-order valence-electron chi connectivity index (χ2n) is 7.50. The molecule has 5 nitrogen and oxygen atoms in total. The molecule has 2 fully saturated rings. The van der Waals surface area contributed by atoms with Gasteiger partial charge in [0.2, 0.25) is 5.91 Å². The van der Waals surface area contributed by atoms with Crippen molar-refractivity contribution >= 4 is 17.5 Å². The van der Waals surface area contributed by atoms with Gasteiger partial charge in [-0.15, -0.1) is 0 Å². The van der Waals surface area contributed by atoms with Crippen molar-refractivity contribution in [3.05, 3.63) is 0 Å². The zero-order valence-electron chi connectivity index (χ0n) is 14.8. The van der Waals surface area contributed by atoms with Gasteiger partial charge in [0.25, 0.3) is 5.91 Å². The summed E-state index contributed by atoms with van der Waals surface area (Å²) in [6.45, 7) is 7.50. The normalized spacial score (nSPS) is 28.1. The maximum Gasteiger partial charge on any atom is 0.259 e. The molecule has 1 saturated heterocycles. The van der Waals surface area contributed by atoms with Crippen LogP contribution in [0.4, 0.5) is 0 Å². The van der Waals surface area contributed by atoms with Crippen molar-refractivity contribution in [2.75, 3.05) is 13.1 Å². The Morgan fingerprint density at radius 3 is 2.83 bits per heavy atom. The molecule has 1 saturated carbocycles. The predicted molar refractivity (Wildman–Crippen MR) is 92.0 cm³/mol. The highest BCUT2D eigenvalue weighted by Gasteiger charge is 2.27. The number of carbonyl (C=O) groups excluding carboxylic acids is 2. The molecule has 2 atom stereocenters. The molecule has 0 aromatic heterocycles. The lowest BCUT2D eigenvalue weighted by atomic mass is 9.76. The molecule has 130 valence electrons. The van der Waals surface area contributed by atoms with Crippen molar-refractivity contribution in [2.24, 2.45) is 22.9 Å². The van der Waals surface area contributed by atoms with E-state index in [2.05, 4.69) is 31.3 Å².